The van der Waals surface area contributed by atoms with Gasteiger partial charge in [0.15, 0.2) is 0 Å². The second-order valence-corrected chi connectivity index (χ2v) is 9.71. The summed E-state index contributed by atoms with van der Waals surface area (Å²) >= 11 is 6.10. The van der Waals surface area contributed by atoms with Gasteiger partial charge in [0, 0.05) is 56.1 Å². The van der Waals surface area contributed by atoms with Crippen LogP contribution in [-0.2, 0) is 22.6 Å². The third-order valence-corrected chi connectivity index (χ3v) is 6.97. The summed E-state index contributed by atoms with van der Waals surface area (Å²) in [7, 11) is 0. The van der Waals surface area contributed by atoms with Crippen LogP contribution in [0.5, 0.6) is 0 Å². The van der Waals surface area contributed by atoms with Crippen molar-refractivity contribution in [2.75, 3.05) is 26.2 Å². The molecule has 2 aliphatic rings. The zero-order chi connectivity index (χ0) is 22.6. The van der Waals surface area contributed by atoms with Gasteiger partial charge in [-0.1, -0.05) is 53.6 Å². The normalized spacial score (nSPS) is 21.6. The average molecular weight is 454 g/mol. The van der Waals surface area contributed by atoms with Gasteiger partial charge in [0.2, 0.25) is 11.8 Å². The van der Waals surface area contributed by atoms with Gasteiger partial charge < -0.3 is 10.2 Å². The highest BCUT2D eigenvalue weighted by atomic mass is 35.5. The first-order chi connectivity index (χ1) is 15.4. The van der Waals surface area contributed by atoms with E-state index in [1.807, 2.05) is 23.1 Å². The van der Waals surface area contributed by atoms with Crippen molar-refractivity contribution < 1.29 is 9.59 Å². The summed E-state index contributed by atoms with van der Waals surface area (Å²) in [4.78, 5) is 29.3. The molecule has 0 saturated carbocycles. The molecule has 2 heterocycles. The number of piperazine rings is 1. The second kappa shape index (κ2) is 10.1. The van der Waals surface area contributed by atoms with Crippen molar-refractivity contribution >= 4 is 23.4 Å². The molecule has 2 aromatic carbocycles. The molecule has 1 N–H and O–H groups in total. The number of carbonyl (C=O) groups excluding carboxylic acids is 2. The Hall–Kier alpha value is -2.37. The van der Waals surface area contributed by atoms with Crippen molar-refractivity contribution in [2.45, 2.75) is 51.1 Å². The molecule has 6 heteroatoms. The lowest BCUT2D eigenvalue weighted by atomic mass is 9.84. The molecule has 1 unspecified atom stereocenters. The summed E-state index contributed by atoms with van der Waals surface area (Å²) in [5.74, 6) is 0.288. The minimum atomic E-state index is -0.309. The van der Waals surface area contributed by atoms with Gasteiger partial charge in [0.1, 0.15) is 0 Å². The number of nitrogens with one attached hydrogen (secondary N) is 1. The molecular weight excluding hydrogens is 422 g/mol. The van der Waals surface area contributed by atoms with Crippen LogP contribution in [0.2, 0.25) is 5.02 Å². The average Bonchev–Trinajstić information content (AvgIpc) is 3.15. The number of halogens is 1. The largest absolute Gasteiger partial charge is 0.350 e. The molecule has 2 fully saturated rings. The molecule has 0 radical (unpaired) electrons. The van der Waals surface area contributed by atoms with Crippen LogP contribution in [0.25, 0.3) is 0 Å². The van der Waals surface area contributed by atoms with Crippen molar-refractivity contribution in [1.82, 2.24) is 15.1 Å². The van der Waals surface area contributed by atoms with E-state index >= 15 is 0 Å². The zero-order valence-electron chi connectivity index (χ0n) is 18.8. The number of nitrogens with zero attached hydrogens (tertiary/aromatic N) is 2. The Bertz CT molecular complexity index is 954. The SMILES string of the molecule is Cc1ccc(CC2(CCC(=O)N3CCN(Cc4cccc(Cl)c4)CC3)CCC(=O)N2)cc1. The molecule has 2 aliphatic heterocycles. The van der Waals surface area contributed by atoms with Gasteiger partial charge >= 0.3 is 0 Å². The van der Waals surface area contributed by atoms with Crippen LogP contribution >= 0.6 is 11.6 Å². The summed E-state index contributed by atoms with van der Waals surface area (Å²) in [5, 5.41) is 3.96. The predicted molar refractivity (Wildman–Crippen MR) is 128 cm³/mol. The fraction of sp³-hybridized carbons (Fsp3) is 0.462. The molecule has 2 saturated heterocycles. The molecule has 4 rings (SSSR count). The van der Waals surface area contributed by atoms with E-state index in [1.54, 1.807) is 0 Å². The second-order valence-electron chi connectivity index (χ2n) is 9.28. The Kier molecular flexibility index (Phi) is 7.17. The fourth-order valence-corrected chi connectivity index (χ4v) is 5.04. The van der Waals surface area contributed by atoms with E-state index in [2.05, 4.69) is 47.5 Å². The monoisotopic (exact) mass is 453 g/mol. The lowest BCUT2D eigenvalue weighted by molar-refractivity contribution is -0.133. The summed E-state index contributed by atoms with van der Waals surface area (Å²) < 4.78 is 0. The van der Waals surface area contributed by atoms with E-state index in [1.165, 1.54) is 16.7 Å². The van der Waals surface area contributed by atoms with Gasteiger partial charge in [0.05, 0.1) is 0 Å². The molecule has 2 aromatic rings. The quantitative estimate of drug-likeness (QED) is 0.690. The summed E-state index contributed by atoms with van der Waals surface area (Å²) in [6.45, 7) is 6.15. The molecule has 0 bridgehead atoms. The molecule has 2 amide bonds. The molecular formula is C26H32ClN3O2. The maximum atomic E-state index is 13.0. The Balaban J connectivity index is 1.29. The Labute approximate surface area is 195 Å². The number of amides is 2. The minimum absolute atomic E-state index is 0.0965. The van der Waals surface area contributed by atoms with Crippen LogP contribution in [0, 0.1) is 6.92 Å². The summed E-state index contributed by atoms with van der Waals surface area (Å²) in [5.41, 5.74) is 3.33. The van der Waals surface area contributed by atoms with E-state index in [0.29, 0.717) is 19.3 Å². The lowest BCUT2D eigenvalue weighted by Gasteiger charge is -2.36. The first-order valence-corrected chi connectivity index (χ1v) is 11.9. The van der Waals surface area contributed by atoms with Crippen molar-refractivity contribution in [2.24, 2.45) is 0 Å². The van der Waals surface area contributed by atoms with Crippen LogP contribution in [0.3, 0.4) is 0 Å². The van der Waals surface area contributed by atoms with Crippen molar-refractivity contribution in [3.05, 3.63) is 70.2 Å². The third kappa shape index (κ3) is 5.90. The summed E-state index contributed by atoms with van der Waals surface area (Å²) in [6, 6.07) is 16.4. The van der Waals surface area contributed by atoms with Gasteiger partial charge in [-0.25, -0.2) is 0 Å². The molecule has 170 valence electrons. The number of rotatable bonds is 7. The first kappa shape index (κ1) is 22.8. The smallest absolute Gasteiger partial charge is 0.222 e. The Morgan fingerprint density at radius 3 is 2.47 bits per heavy atom. The maximum Gasteiger partial charge on any atom is 0.222 e. The van der Waals surface area contributed by atoms with Crippen LogP contribution in [0.4, 0.5) is 0 Å². The molecule has 5 nitrogen and oxygen atoms in total. The summed E-state index contributed by atoms with van der Waals surface area (Å²) in [6.07, 6.45) is 3.27. The molecule has 0 spiro atoms. The van der Waals surface area contributed by atoms with Crippen LogP contribution in [-0.4, -0.2) is 53.3 Å². The van der Waals surface area contributed by atoms with Gasteiger partial charge in [-0.2, -0.15) is 0 Å². The number of benzene rings is 2. The highest BCUT2D eigenvalue weighted by molar-refractivity contribution is 6.30. The third-order valence-electron chi connectivity index (χ3n) is 6.74. The Morgan fingerprint density at radius 2 is 1.81 bits per heavy atom. The fourth-order valence-electron chi connectivity index (χ4n) is 4.83. The van der Waals surface area contributed by atoms with Crippen LogP contribution in [0.1, 0.15) is 42.4 Å². The predicted octanol–water partition coefficient (Wildman–Crippen LogP) is 3.96. The van der Waals surface area contributed by atoms with E-state index in [0.717, 1.165) is 50.6 Å². The highest BCUT2D eigenvalue weighted by Gasteiger charge is 2.38. The highest BCUT2D eigenvalue weighted by Crippen LogP contribution is 2.30. The molecule has 32 heavy (non-hydrogen) atoms. The topological polar surface area (TPSA) is 52.7 Å². The van der Waals surface area contributed by atoms with Crippen LogP contribution in [0.15, 0.2) is 48.5 Å². The van der Waals surface area contributed by atoms with Crippen LogP contribution < -0.4 is 5.32 Å². The van der Waals surface area contributed by atoms with Crippen molar-refractivity contribution in [3.8, 4) is 0 Å². The minimum Gasteiger partial charge on any atom is -0.350 e. The van der Waals surface area contributed by atoms with Gasteiger partial charge in [-0.05, 0) is 49.4 Å². The first-order valence-electron chi connectivity index (χ1n) is 11.5. The van der Waals surface area contributed by atoms with E-state index in [-0.39, 0.29) is 17.4 Å². The zero-order valence-corrected chi connectivity index (χ0v) is 19.5. The number of hydrogen-bond donors (Lipinski definition) is 1. The van der Waals surface area contributed by atoms with Gasteiger partial charge in [-0.3, -0.25) is 14.5 Å². The van der Waals surface area contributed by atoms with E-state index in [4.69, 9.17) is 11.6 Å². The van der Waals surface area contributed by atoms with Gasteiger partial charge in [0.25, 0.3) is 0 Å². The molecule has 0 aliphatic carbocycles. The Morgan fingerprint density at radius 1 is 1.06 bits per heavy atom. The van der Waals surface area contributed by atoms with E-state index < -0.39 is 0 Å². The standard InChI is InChI=1S/C26H32ClN3O2/c1-20-5-7-21(8-6-20)18-26(11-9-24(31)28-26)12-10-25(32)30-15-13-29(14-16-30)19-22-3-2-4-23(27)17-22/h2-8,17H,9-16,18-19H2,1H3,(H,28,31). The van der Waals surface area contributed by atoms with Gasteiger partial charge in [-0.15, -0.1) is 0 Å². The maximum absolute atomic E-state index is 13.0. The van der Waals surface area contributed by atoms with Crippen molar-refractivity contribution in [1.29, 1.82) is 0 Å². The van der Waals surface area contributed by atoms with E-state index in [9.17, 15) is 9.59 Å². The van der Waals surface area contributed by atoms with Crippen molar-refractivity contribution in [3.63, 3.8) is 0 Å². The molecule has 1 atom stereocenters. The molecule has 0 aromatic heterocycles. The number of hydrogen-bond acceptors (Lipinski definition) is 3. The number of carbonyl (C=O) groups is 2. The number of aryl methyl sites for hydroxylation is 1. The lowest BCUT2D eigenvalue weighted by Crippen LogP contribution is -2.49.